The summed E-state index contributed by atoms with van der Waals surface area (Å²) in [4.78, 5) is 29.3. The average Bonchev–Trinajstić information content (AvgIpc) is 2.87. The molecule has 6 nitrogen and oxygen atoms in total. The van der Waals surface area contributed by atoms with Crippen LogP contribution in [0.3, 0.4) is 0 Å². The quantitative estimate of drug-likeness (QED) is 0.833. The van der Waals surface area contributed by atoms with Gasteiger partial charge >= 0.3 is 5.97 Å². The minimum absolute atomic E-state index is 0.0140. The Bertz CT molecular complexity index is 503. The van der Waals surface area contributed by atoms with E-state index in [9.17, 15) is 9.59 Å². The summed E-state index contributed by atoms with van der Waals surface area (Å²) in [6.45, 7) is 6.20. The van der Waals surface area contributed by atoms with E-state index in [4.69, 9.17) is 4.74 Å². The van der Waals surface area contributed by atoms with Gasteiger partial charge in [0, 0.05) is 31.4 Å². The number of aromatic nitrogens is 1. The van der Waals surface area contributed by atoms with E-state index >= 15 is 0 Å². The summed E-state index contributed by atoms with van der Waals surface area (Å²) in [7, 11) is 0. The van der Waals surface area contributed by atoms with Gasteiger partial charge in [0.25, 0.3) is 0 Å². The highest BCUT2D eigenvalue weighted by Gasteiger charge is 2.21. The number of ether oxygens (including phenoxy) is 1. The molecule has 116 valence electrons. The Morgan fingerprint density at radius 1 is 1.57 bits per heavy atom. The minimum Gasteiger partial charge on any atom is -0.461 e. The maximum Gasteiger partial charge on any atom is 0.367 e. The Labute approximate surface area is 128 Å². The monoisotopic (exact) mass is 311 g/mol. The number of carbonyl (C=O) groups excluding carboxylic acids is 2. The van der Waals surface area contributed by atoms with Gasteiger partial charge < -0.3 is 10.1 Å². The first kappa shape index (κ1) is 15.9. The topological polar surface area (TPSA) is 71.5 Å². The highest BCUT2D eigenvalue weighted by molar-refractivity contribution is 7.11. The molecule has 1 aromatic heterocycles. The summed E-state index contributed by atoms with van der Waals surface area (Å²) in [6.07, 6.45) is 2.07. The van der Waals surface area contributed by atoms with Crippen LogP contribution in [-0.2, 0) is 16.1 Å². The van der Waals surface area contributed by atoms with Gasteiger partial charge in [-0.3, -0.25) is 9.69 Å². The van der Waals surface area contributed by atoms with Crippen LogP contribution < -0.4 is 5.32 Å². The van der Waals surface area contributed by atoms with Gasteiger partial charge in [-0.25, -0.2) is 9.78 Å². The van der Waals surface area contributed by atoms with Crippen LogP contribution in [0.4, 0.5) is 0 Å². The summed E-state index contributed by atoms with van der Waals surface area (Å²) in [5.74, 6) is -0.344. The molecule has 2 rings (SSSR count). The molecule has 21 heavy (non-hydrogen) atoms. The molecule has 0 spiro atoms. The molecule has 1 saturated heterocycles. The third-order valence-electron chi connectivity index (χ3n) is 3.30. The van der Waals surface area contributed by atoms with Crippen molar-refractivity contribution in [3.8, 4) is 0 Å². The van der Waals surface area contributed by atoms with Gasteiger partial charge in [0.2, 0.25) is 10.9 Å². The van der Waals surface area contributed by atoms with Gasteiger partial charge in [0.05, 0.1) is 12.3 Å². The van der Waals surface area contributed by atoms with Gasteiger partial charge in [-0.05, 0) is 26.3 Å². The van der Waals surface area contributed by atoms with Crippen LogP contribution in [0, 0.1) is 0 Å². The number of nitrogens with one attached hydrogen (secondary N) is 1. The number of carbonyl (C=O) groups is 2. The first-order valence-corrected chi connectivity index (χ1v) is 8.07. The summed E-state index contributed by atoms with van der Waals surface area (Å²) in [6, 6.07) is 0.208. The van der Waals surface area contributed by atoms with Gasteiger partial charge in [-0.1, -0.05) is 0 Å². The number of esters is 1. The molecule has 0 aliphatic carbocycles. The molecule has 1 aliphatic rings. The van der Waals surface area contributed by atoms with Crippen LogP contribution in [0.15, 0.2) is 5.38 Å². The molecular formula is C14H21N3O3S. The molecule has 7 heteroatoms. The van der Waals surface area contributed by atoms with E-state index in [1.165, 1.54) is 11.3 Å². The van der Waals surface area contributed by atoms with Crippen LogP contribution in [0.25, 0.3) is 0 Å². The van der Waals surface area contributed by atoms with E-state index < -0.39 is 0 Å². The number of hydrogen-bond acceptors (Lipinski definition) is 6. The third-order valence-corrected chi connectivity index (χ3v) is 4.17. The summed E-state index contributed by atoms with van der Waals surface area (Å²) in [5, 5.41) is 5.27. The summed E-state index contributed by atoms with van der Waals surface area (Å²) < 4.78 is 4.94. The minimum atomic E-state index is -0.358. The zero-order valence-corrected chi connectivity index (χ0v) is 13.2. The molecule has 1 atom stereocenters. The van der Waals surface area contributed by atoms with E-state index in [2.05, 4.69) is 15.2 Å². The van der Waals surface area contributed by atoms with Crippen molar-refractivity contribution in [3.05, 3.63) is 16.1 Å². The highest BCUT2D eigenvalue weighted by Crippen LogP contribution is 2.16. The molecule has 2 heterocycles. The van der Waals surface area contributed by atoms with Crippen molar-refractivity contribution in [2.45, 2.75) is 39.3 Å². The second kappa shape index (κ2) is 7.51. The Morgan fingerprint density at radius 2 is 2.38 bits per heavy atom. The SMILES string of the molecule is CCOC(=O)c1nc(CN2CCC[C@H](NC(C)=O)C2)cs1. The van der Waals surface area contributed by atoms with Crippen LogP contribution in [-0.4, -0.2) is 47.5 Å². The standard InChI is InChI=1S/C14H21N3O3S/c1-3-20-14(19)13-16-12(9-21-13)8-17-6-4-5-11(7-17)15-10(2)18/h9,11H,3-8H2,1-2H3,(H,15,18)/t11-/m0/s1. The number of hydrogen-bond donors (Lipinski definition) is 1. The van der Waals surface area contributed by atoms with Crippen LogP contribution >= 0.6 is 11.3 Å². The molecule has 0 saturated carbocycles. The molecule has 0 aromatic carbocycles. The number of piperidine rings is 1. The normalized spacial score (nSPS) is 19.2. The van der Waals surface area contributed by atoms with Crippen LogP contribution in [0.2, 0.25) is 0 Å². The lowest BCUT2D eigenvalue weighted by Gasteiger charge is -2.32. The maximum absolute atomic E-state index is 11.6. The van der Waals surface area contributed by atoms with E-state index in [1.807, 2.05) is 5.38 Å². The zero-order valence-electron chi connectivity index (χ0n) is 12.4. The fourth-order valence-electron chi connectivity index (χ4n) is 2.50. The molecule has 1 aliphatic heterocycles. The molecular weight excluding hydrogens is 290 g/mol. The molecule has 1 fully saturated rings. The highest BCUT2D eigenvalue weighted by atomic mass is 32.1. The van der Waals surface area contributed by atoms with Gasteiger partial charge in [-0.2, -0.15) is 0 Å². The fourth-order valence-corrected chi connectivity index (χ4v) is 3.20. The number of thiazole rings is 1. The van der Waals surface area contributed by atoms with Crippen molar-refractivity contribution in [2.24, 2.45) is 0 Å². The van der Waals surface area contributed by atoms with Crippen molar-refractivity contribution in [1.82, 2.24) is 15.2 Å². The second-order valence-corrected chi connectivity index (χ2v) is 6.00. The molecule has 1 amide bonds. The number of likely N-dealkylation sites (tertiary alicyclic amines) is 1. The lowest BCUT2D eigenvalue weighted by molar-refractivity contribution is -0.120. The Morgan fingerprint density at radius 3 is 3.10 bits per heavy atom. The third kappa shape index (κ3) is 4.78. The molecule has 1 aromatic rings. The molecule has 0 radical (unpaired) electrons. The molecule has 0 unspecified atom stereocenters. The largest absolute Gasteiger partial charge is 0.461 e. The van der Waals surface area contributed by atoms with Gasteiger partial charge in [-0.15, -0.1) is 11.3 Å². The smallest absolute Gasteiger partial charge is 0.367 e. The second-order valence-electron chi connectivity index (χ2n) is 5.14. The summed E-state index contributed by atoms with van der Waals surface area (Å²) in [5.41, 5.74) is 0.881. The number of rotatable bonds is 5. The maximum atomic E-state index is 11.6. The van der Waals surface area contributed by atoms with E-state index in [1.54, 1.807) is 13.8 Å². The first-order chi connectivity index (χ1) is 10.1. The van der Waals surface area contributed by atoms with Crippen LogP contribution in [0.1, 0.15) is 42.2 Å². The fraction of sp³-hybridized carbons (Fsp3) is 0.643. The van der Waals surface area contributed by atoms with E-state index in [0.717, 1.165) is 31.6 Å². The van der Waals surface area contributed by atoms with Crippen molar-refractivity contribution >= 4 is 23.2 Å². The van der Waals surface area contributed by atoms with Crippen molar-refractivity contribution in [3.63, 3.8) is 0 Å². The van der Waals surface area contributed by atoms with Crippen molar-refractivity contribution in [1.29, 1.82) is 0 Å². The average molecular weight is 311 g/mol. The lowest BCUT2D eigenvalue weighted by atomic mass is 10.1. The Hall–Kier alpha value is -1.47. The van der Waals surface area contributed by atoms with Gasteiger partial charge in [0.15, 0.2) is 0 Å². The van der Waals surface area contributed by atoms with E-state index in [-0.39, 0.29) is 17.9 Å². The lowest BCUT2D eigenvalue weighted by Crippen LogP contribution is -2.46. The molecule has 1 N–H and O–H groups in total. The first-order valence-electron chi connectivity index (χ1n) is 7.19. The summed E-state index contributed by atoms with van der Waals surface area (Å²) >= 11 is 1.32. The van der Waals surface area contributed by atoms with Crippen molar-refractivity contribution in [2.75, 3.05) is 19.7 Å². The van der Waals surface area contributed by atoms with E-state index in [0.29, 0.717) is 18.2 Å². The Balaban J connectivity index is 1.89. The predicted molar refractivity (Wildman–Crippen MR) is 80.2 cm³/mol. The zero-order chi connectivity index (χ0) is 15.2. The van der Waals surface area contributed by atoms with Gasteiger partial charge in [0.1, 0.15) is 0 Å². The predicted octanol–water partition coefficient (Wildman–Crippen LogP) is 1.42. The number of amides is 1. The van der Waals surface area contributed by atoms with Crippen LogP contribution in [0.5, 0.6) is 0 Å². The van der Waals surface area contributed by atoms with Crippen molar-refractivity contribution < 1.29 is 14.3 Å². The number of nitrogens with zero attached hydrogens (tertiary/aromatic N) is 2. The molecule has 0 bridgehead atoms. The Kier molecular flexibility index (Phi) is 5.69.